The normalized spacial score (nSPS) is 14.2. The Morgan fingerprint density at radius 3 is 2.40 bits per heavy atom. The summed E-state index contributed by atoms with van der Waals surface area (Å²) < 4.78 is 5.55. The first-order valence-electron chi connectivity index (χ1n) is 15.6. The average Bonchev–Trinajstić information content (AvgIpc) is 3.01. The molecule has 0 fully saturated rings. The number of amidine groups is 1. The maximum absolute atomic E-state index is 12.2. The van der Waals surface area contributed by atoms with Crippen molar-refractivity contribution >= 4 is 23.4 Å². The van der Waals surface area contributed by atoms with Gasteiger partial charge in [0, 0.05) is 37.7 Å². The van der Waals surface area contributed by atoms with Gasteiger partial charge in [0.25, 0.3) is 0 Å². The van der Waals surface area contributed by atoms with Gasteiger partial charge in [0.2, 0.25) is 0 Å². The van der Waals surface area contributed by atoms with Gasteiger partial charge >= 0.3 is 0 Å². The quantitative estimate of drug-likeness (QED) is 0.0194. The minimum atomic E-state index is 0.183. The lowest BCUT2D eigenvalue weighted by Gasteiger charge is -2.23. The number of nitrogens with zero attached hydrogens (tertiary/aromatic N) is 2. The maximum atomic E-state index is 12.2. The minimum absolute atomic E-state index is 0.183. The van der Waals surface area contributed by atoms with E-state index in [0.717, 1.165) is 101 Å². The number of hydrogen-bond acceptors (Lipinski definition) is 5. The molecule has 1 aromatic carbocycles. The van der Waals surface area contributed by atoms with E-state index in [2.05, 4.69) is 78.3 Å². The number of allylic oxidation sites excluding steroid dienone is 8. The van der Waals surface area contributed by atoms with Gasteiger partial charge in [-0.3, -0.25) is 15.5 Å². The number of anilines is 1. The summed E-state index contributed by atoms with van der Waals surface area (Å²) in [4.78, 5) is 19.4. The van der Waals surface area contributed by atoms with E-state index in [9.17, 15) is 4.79 Å². The second kappa shape index (κ2) is 21.1. The molecule has 0 aliphatic carbocycles. The molecule has 0 saturated heterocycles. The van der Waals surface area contributed by atoms with Crippen molar-refractivity contribution in [3.8, 4) is 0 Å². The van der Waals surface area contributed by atoms with Gasteiger partial charge in [0.1, 0.15) is 13.0 Å². The van der Waals surface area contributed by atoms with Crippen LogP contribution in [0.3, 0.4) is 0 Å². The van der Waals surface area contributed by atoms with Gasteiger partial charge < -0.3 is 15.4 Å². The molecule has 1 rings (SSSR count). The molecular weight excluding hydrogens is 532 g/mol. The predicted molar refractivity (Wildman–Crippen MR) is 187 cm³/mol. The van der Waals surface area contributed by atoms with Crippen LogP contribution in [0.25, 0.3) is 5.57 Å². The van der Waals surface area contributed by atoms with Crippen molar-refractivity contribution in [2.45, 2.75) is 86.5 Å². The smallest absolute Gasteiger partial charge is 0.146 e. The highest BCUT2D eigenvalue weighted by atomic mass is 16.5. The van der Waals surface area contributed by atoms with E-state index in [-0.39, 0.29) is 6.73 Å². The number of hydrogen-bond donors (Lipinski definition) is 2. The highest BCUT2D eigenvalue weighted by molar-refractivity contribution is 5.83. The van der Waals surface area contributed by atoms with Crippen molar-refractivity contribution < 1.29 is 9.53 Å². The molecule has 43 heavy (non-hydrogen) atoms. The van der Waals surface area contributed by atoms with Crippen LogP contribution in [0.1, 0.15) is 92.1 Å². The summed E-state index contributed by atoms with van der Waals surface area (Å²) >= 11 is 0. The summed E-state index contributed by atoms with van der Waals surface area (Å²) in [5, 5.41) is 0. The van der Waals surface area contributed by atoms with Gasteiger partial charge in [-0.25, -0.2) is 0 Å². The van der Waals surface area contributed by atoms with Gasteiger partial charge in [-0.05, 0) is 80.4 Å². The maximum Gasteiger partial charge on any atom is 0.146 e. The summed E-state index contributed by atoms with van der Waals surface area (Å²) in [5.41, 5.74) is 19.9. The molecule has 0 amide bonds. The lowest BCUT2D eigenvalue weighted by atomic mass is 9.98. The van der Waals surface area contributed by atoms with E-state index in [1.165, 1.54) is 0 Å². The van der Waals surface area contributed by atoms with Crippen molar-refractivity contribution in [3.05, 3.63) is 94.3 Å². The van der Waals surface area contributed by atoms with Crippen LogP contribution in [0.5, 0.6) is 0 Å². The topological polar surface area (TPSA) is 93.9 Å². The molecule has 0 aliphatic heterocycles. The molecule has 6 heteroatoms. The fourth-order valence-electron chi connectivity index (χ4n) is 4.77. The summed E-state index contributed by atoms with van der Waals surface area (Å²) in [5.74, 6) is 1.98. The number of carbonyl (C=O) groups is 1. The van der Waals surface area contributed by atoms with Gasteiger partial charge in [0.05, 0.1) is 18.1 Å². The number of likely N-dealkylation sites (N-methyl/N-ethyl adjacent to an activating group) is 1. The molecule has 6 nitrogen and oxygen atoms in total. The zero-order valence-electron chi connectivity index (χ0n) is 27.8. The van der Waals surface area contributed by atoms with E-state index >= 15 is 0 Å². The summed E-state index contributed by atoms with van der Waals surface area (Å²) in [6.07, 6.45) is 15.3. The predicted octanol–water partition coefficient (Wildman–Crippen LogP) is 8.55. The standard InChI is InChI=1S/C37H56N4O2/c1-9-13-18-37(41(8)25-31(10-2)22-21-29(6)34-16-14-15-17-35(34)39)40-24-32(11-3)33(26-42)23-28(5)19-20-30(7)36(12-4)43-27-38/h10,14-17,19,21-22,26H,2,9,11-13,18,20,23-25,27,38-39H2,1,3-8H3/b28-19+,29-21+,31-22+,33-32-,36-30+,40-37?. The minimum Gasteiger partial charge on any atom is -0.483 e. The first kappa shape index (κ1) is 37.4. The Balaban J connectivity index is 3.16. The highest BCUT2D eigenvalue weighted by Gasteiger charge is 2.11. The largest absolute Gasteiger partial charge is 0.483 e. The molecule has 0 radical (unpaired) electrons. The molecule has 0 aromatic heterocycles. The molecule has 236 valence electrons. The van der Waals surface area contributed by atoms with Crippen LogP contribution >= 0.6 is 0 Å². The van der Waals surface area contributed by atoms with Crippen LogP contribution in [0.2, 0.25) is 0 Å². The zero-order valence-corrected chi connectivity index (χ0v) is 27.8. The third-order valence-electron chi connectivity index (χ3n) is 7.57. The molecule has 0 atom stereocenters. The van der Waals surface area contributed by atoms with Crippen molar-refractivity contribution in [2.75, 3.05) is 32.6 Å². The lowest BCUT2D eigenvalue weighted by molar-refractivity contribution is -0.105. The third-order valence-corrected chi connectivity index (χ3v) is 7.57. The second-order valence-corrected chi connectivity index (χ2v) is 11.0. The molecule has 0 bridgehead atoms. The number of carbonyl (C=O) groups excluding carboxylic acids is 1. The van der Waals surface area contributed by atoms with Crippen molar-refractivity contribution in [3.63, 3.8) is 0 Å². The number of nitrogen functional groups attached to an aromatic ring is 1. The monoisotopic (exact) mass is 588 g/mol. The Morgan fingerprint density at radius 1 is 1.09 bits per heavy atom. The van der Waals surface area contributed by atoms with Crippen LogP contribution in [0.4, 0.5) is 5.69 Å². The van der Waals surface area contributed by atoms with E-state index in [1.54, 1.807) is 0 Å². The van der Waals surface area contributed by atoms with Gasteiger partial charge in [0.15, 0.2) is 0 Å². The summed E-state index contributed by atoms with van der Waals surface area (Å²) in [7, 11) is 2.08. The number of aldehydes is 1. The van der Waals surface area contributed by atoms with Crippen molar-refractivity contribution in [1.29, 1.82) is 0 Å². The Hall–Kier alpha value is -3.64. The molecule has 1 aromatic rings. The fourth-order valence-corrected chi connectivity index (χ4v) is 4.77. The molecule has 0 aliphatic rings. The third kappa shape index (κ3) is 13.5. The van der Waals surface area contributed by atoms with Gasteiger partial charge in [-0.2, -0.15) is 0 Å². The van der Waals surface area contributed by atoms with Crippen LogP contribution < -0.4 is 11.5 Å². The van der Waals surface area contributed by atoms with Crippen LogP contribution in [0, 0.1) is 0 Å². The Labute approximate surface area is 261 Å². The number of para-hydroxylation sites is 1. The first-order chi connectivity index (χ1) is 20.6. The van der Waals surface area contributed by atoms with E-state index in [0.29, 0.717) is 19.5 Å². The Morgan fingerprint density at radius 2 is 1.81 bits per heavy atom. The van der Waals surface area contributed by atoms with Gasteiger partial charge in [-0.1, -0.05) is 81.8 Å². The summed E-state index contributed by atoms with van der Waals surface area (Å²) in [6.45, 7) is 18.0. The number of rotatable bonds is 19. The van der Waals surface area contributed by atoms with Crippen molar-refractivity contribution in [1.82, 2.24) is 4.90 Å². The number of unbranched alkanes of at least 4 members (excludes halogenated alkanes) is 1. The van der Waals surface area contributed by atoms with E-state index in [1.807, 2.05) is 30.3 Å². The van der Waals surface area contributed by atoms with Gasteiger partial charge in [-0.15, -0.1) is 0 Å². The zero-order chi connectivity index (χ0) is 32.2. The van der Waals surface area contributed by atoms with Crippen LogP contribution in [-0.2, 0) is 9.53 Å². The van der Waals surface area contributed by atoms with E-state index in [4.69, 9.17) is 21.2 Å². The second-order valence-electron chi connectivity index (χ2n) is 11.0. The van der Waals surface area contributed by atoms with Crippen LogP contribution in [0.15, 0.2) is 93.8 Å². The van der Waals surface area contributed by atoms with Crippen LogP contribution in [-0.4, -0.2) is 43.9 Å². The molecule has 4 N–H and O–H groups in total. The van der Waals surface area contributed by atoms with E-state index < -0.39 is 0 Å². The SMILES string of the molecule is C=C/C(=C\C=C(/C)c1ccccc1N)CN(C)C(CCCC)=NC/C(CC)=C(\C=O)C/C(C)=C/C/C(C)=C(\CC)OCN. The molecule has 0 spiro atoms. The number of nitrogens with two attached hydrogens (primary N) is 2. The lowest BCUT2D eigenvalue weighted by Crippen LogP contribution is -2.29. The molecular formula is C37H56N4O2. The molecule has 0 unspecified atom stereocenters. The average molecular weight is 589 g/mol. The summed E-state index contributed by atoms with van der Waals surface area (Å²) in [6, 6.07) is 7.90. The Kier molecular flexibility index (Phi) is 18.4. The number of benzene rings is 1. The molecule has 0 saturated carbocycles. The number of aliphatic imine (C=N–C) groups is 1. The number of ether oxygens (including phenoxy) is 1. The first-order valence-corrected chi connectivity index (χ1v) is 15.6. The highest BCUT2D eigenvalue weighted by Crippen LogP contribution is 2.22. The Bertz CT molecular complexity index is 1230. The fraction of sp³-hybridized carbons (Fsp3) is 0.459. The molecule has 0 heterocycles. The van der Waals surface area contributed by atoms with Crippen molar-refractivity contribution in [2.24, 2.45) is 10.7 Å².